The zero-order chi connectivity index (χ0) is 25.9. The Morgan fingerprint density at radius 3 is 2.42 bits per heavy atom. The van der Waals surface area contributed by atoms with Crippen molar-refractivity contribution in [3.05, 3.63) is 63.3 Å². The molecule has 1 unspecified atom stereocenters. The first-order valence-corrected chi connectivity index (χ1v) is 11.9. The maximum absolute atomic E-state index is 14.6. The molecule has 3 aliphatic rings. The molecule has 2 N–H and O–H groups in total. The van der Waals surface area contributed by atoms with Gasteiger partial charge in [-0.25, -0.2) is 22.0 Å². The summed E-state index contributed by atoms with van der Waals surface area (Å²) in [6, 6.07) is 2.40. The van der Waals surface area contributed by atoms with Crippen LogP contribution in [-0.2, 0) is 0 Å². The molecule has 1 aliphatic heterocycles. The molecule has 2 aromatic rings. The van der Waals surface area contributed by atoms with Gasteiger partial charge in [-0.1, -0.05) is 18.2 Å². The molecule has 11 heteroatoms. The highest BCUT2D eigenvalue weighted by atomic mass is 19.3. The van der Waals surface area contributed by atoms with Gasteiger partial charge in [-0.3, -0.25) is 9.59 Å². The van der Waals surface area contributed by atoms with E-state index >= 15 is 0 Å². The van der Waals surface area contributed by atoms with Crippen LogP contribution >= 0.6 is 0 Å². The highest BCUT2D eigenvalue weighted by Gasteiger charge is 2.55. The van der Waals surface area contributed by atoms with Crippen LogP contribution < -0.4 is 16.2 Å². The number of fused-ring (bicyclic) bond motifs is 1. The minimum atomic E-state index is -3.06. The summed E-state index contributed by atoms with van der Waals surface area (Å²) in [5, 5.41) is 5.82. The lowest BCUT2D eigenvalue weighted by atomic mass is 9.87. The number of amides is 1. The number of nitrogens with one attached hydrogen (secondary N) is 2. The minimum absolute atomic E-state index is 0.0344. The molecule has 2 aliphatic carbocycles. The normalized spacial score (nSPS) is 27.3. The Morgan fingerprint density at radius 1 is 1.17 bits per heavy atom. The Morgan fingerprint density at radius 2 is 1.83 bits per heavy atom. The number of nitrogens with zero attached hydrogens (tertiary/aromatic N) is 2. The second-order valence-corrected chi connectivity index (χ2v) is 10.1. The second-order valence-electron chi connectivity index (χ2n) is 10.1. The van der Waals surface area contributed by atoms with Crippen LogP contribution in [-0.4, -0.2) is 47.5 Å². The van der Waals surface area contributed by atoms with Crippen LogP contribution in [0, 0.1) is 17.7 Å². The number of carbonyl (C=O) groups is 1. The molecule has 2 heterocycles. The smallest absolute Gasteiger partial charge is 0.268 e. The molecule has 5 rings (SSSR count). The van der Waals surface area contributed by atoms with Crippen molar-refractivity contribution >= 4 is 11.6 Å². The number of piperidine rings is 1. The number of carbonyl (C=O) groups excluding carboxylic acids is 1. The van der Waals surface area contributed by atoms with Crippen molar-refractivity contribution in [1.82, 2.24) is 14.8 Å². The molecule has 36 heavy (non-hydrogen) atoms. The number of halogens is 5. The van der Waals surface area contributed by atoms with E-state index < -0.39 is 47.3 Å². The van der Waals surface area contributed by atoms with E-state index in [1.807, 2.05) is 7.05 Å². The minimum Gasteiger partial charge on any atom is -0.381 e. The highest BCUT2D eigenvalue weighted by molar-refractivity contribution is 5.99. The molecule has 0 radical (unpaired) electrons. The molecule has 3 fully saturated rings. The molecule has 1 saturated heterocycles. The number of anilines is 1. The molecule has 194 valence electrons. The van der Waals surface area contributed by atoms with E-state index in [1.54, 1.807) is 0 Å². The van der Waals surface area contributed by atoms with E-state index in [9.17, 15) is 31.5 Å². The average Bonchev–Trinajstić information content (AvgIpc) is 3.24. The predicted octanol–water partition coefficient (Wildman–Crippen LogP) is 4.36. The van der Waals surface area contributed by atoms with Crippen LogP contribution in [0.1, 0.15) is 59.8 Å². The van der Waals surface area contributed by atoms with Crippen molar-refractivity contribution in [3.8, 4) is 0 Å². The van der Waals surface area contributed by atoms with Crippen molar-refractivity contribution in [2.45, 2.75) is 50.2 Å². The summed E-state index contributed by atoms with van der Waals surface area (Å²) in [5.74, 6) is -4.20. The maximum atomic E-state index is 14.6. The van der Waals surface area contributed by atoms with Crippen LogP contribution in [0.25, 0.3) is 0 Å². The van der Waals surface area contributed by atoms with Crippen molar-refractivity contribution in [1.29, 1.82) is 0 Å². The Balaban J connectivity index is 1.44. The van der Waals surface area contributed by atoms with Crippen LogP contribution in [0.15, 0.2) is 35.3 Å². The predicted molar refractivity (Wildman–Crippen MR) is 123 cm³/mol. The number of aromatic nitrogens is 1. The second kappa shape index (κ2) is 8.86. The molecule has 0 spiro atoms. The zero-order valence-corrected chi connectivity index (χ0v) is 19.8. The van der Waals surface area contributed by atoms with Gasteiger partial charge in [-0.2, -0.15) is 0 Å². The van der Waals surface area contributed by atoms with Crippen LogP contribution in [0.2, 0.25) is 0 Å². The molecular formula is C25H27F5N4O2. The Hall–Kier alpha value is -2.95. The summed E-state index contributed by atoms with van der Waals surface area (Å²) in [7, 11) is 2.01. The van der Waals surface area contributed by atoms with Gasteiger partial charge in [-0.15, -0.1) is 0 Å². The number of likely N-dealkylation sites (tertiary alicyclic amines) is 1. The van der Waals surface area contributed by atoms with Crippen molar-refractivity contribution in [2.24, 2.45) is 11.8 Å². The van der Waals surface area contributed by atoms with Gasteiger partial charge >= 0.3 is 0 Å². The van der Waals surface area contributed by atoms with E-state index in [1.165, 1.54) is 19.1 Å². The van der Waals surface area contributed by atoms with Gasteiger partial charge in [0.2, 0.25) is 0 Å². The lowest BCUT2D eigenvalue weighted by Gasteiger charge is -2.37. The number of hydrogen-bond donors (Lipinski definition) is 2. The van der Waals surface area contributed by atoms with Gasteiger partial charge in [0.15, 0.2) is 0 Å². The third kappa shape index (κ3) is 4.27. The highest BCUT2D eigenvalue weighted by Crippen LogP contribution is 2.48. The lowest BCUT2D eigenvalue weighted by molar-refractivity contribution is -0.123. The number of alkyl halides is 4. The Bertz CT molecular complexity index is 1240. The molecule has 5 atom stereocenters. The fourth-order valence-corrected chi connectivity index (χ4v) is 5.48. The van der Waals surface area contributed by atoms with Gasteiger partial charge in [0.1, 0.15) is 11.9 Å². The molecule has 2 saturated carbocycles. The monoisotopic (exact) mass is 510 g/mol. The van der Waals surface area contributed by atoms with Crippen molar-refractivity contribution < 1.29 is 26.7 Å². The van der Waals surface area contributed by atoms with Gasteiger partial charge in [-0.05, 0) is 32.2 Å². The summed E-state index contributed by atoms with van der Waals surface area (Å²) in [6.07, 6.45) is -2.14. The number of hydrogen-bond acceptors (Lipinski definition) is 4. The SMILES string of the molecule is C[C@@H](NC(=O)c1cn([C@H]2CCC2(F)F)c(=O)cc1NC1[C@H]2CN(C)C[C@@H]12)c1cccc(C(F)F)c1F. The average molecular weight is 511 g/mol. The summed E-state index contributed by atoms with van der Waals surface area (Å²) in [6.45, 7) is 3.17. The van der Waals surface area contributed by atoms with Crippen molar-refractivity contribution in [3.63, 3.8) is 0 Å². The summed E-state index contributed by atoms with van der Waals surface area (Å²) < 4.78 is 70.0. The lowest BCUT2D eigenvalue weighted by Crippen LogP contribution is -2.45. The zero-order valence-electron chi connectivity index (χ0n) is 19.8. The number of benzene rings is 1. The van der Waals surface area contributed by atoms with Gasteiger partial charge in [0.25, 0.3) is 23.8 Å². The fraction of sp³-hybridized carbons (Fsp3) is 0.520. The molecular weight excluding hydrogens is 483 g/mol. The Labute approximate surface area is 204 Å². The van der Waals surface area contributed by atoms with E-state index in [0.717, 1.165) is 36.0 Å². The first-order chi connectivity index (χ1) is 17.0. The number of pyridine rings is 1. The molecule has 6 nitrogen and oxygen atoms in total. The molecule has 1 aromatic heterocycles. The van der Waals surface area contributed by atoms with E-state index in [2.05, 4.69) is 15.5 Å². The van der Waals surface area contributed by atoms with Gasteiger partial charge in [0, 0.05) is 43.4 Å². The standard InChI is InChI=1S/C25H27F5N4O2/c1-12(13-4-3-5-14(21(13)26)23(27)28)31-24(36)17-11-34(19-6-7-25(19,29)30)20(35)8-18(17)32-22-15-9-33(2)10-16(15)22/h3-5,8,11-12,15-16,19,22-23,32H,6-7,9-10H2,1-2H3,(H,31,36)/t12-,15-,16+,19+,22?/m1/s1. The quantitative estimate of drug-likeness (QED) is 0.544. The van der Waals surface area contributed by atoms with Gasteiger partial charge < -0.3 is 20.1 Å². The molecule has 0 bridgehead atoms. The van der Waals surface area contributed by atoms with E-state index in [-0.39, 0.29) is 35.7 Å². The molecule has 1 aromatic carbocycles. The van der Waals surface area contributed by atoms with E-state index in [4.69, 9.17) is 0 Å². The molecule has 1 amide bonds. The largest absolute Gasteiger partial charge is 0.381 e. The maximum Gasteiger partial charge on any atom is 0.268 e. The van der Waals surface area contributed by atoms with Crippen LogP contribution in [0.4, 0.5) is 27.6 Å². The summed E-state index contributed by atoms with van der Waals surface area (Å²) in [5.41, 5.74) is -1.37. The summed E-state index contributed by atoms with van der Waals surface area (Å²) >= 11 is 0. The first-order valence-electron chi connectivity index (χ1n) is 11.9. The fourth-order valence-electron chi connectivity index (χ4n) is 5.48. The van der Waals surface area contributed by atoms with Crippen LogP contribution in [0.3, 0.4) is 0 Å². The summed E-state index contributed by atoms with van der Waals surface area (Å²) in [4.78, 5) is 28.2. The first kappa shape index (κ1) is 24.7. The number of rotatable bonds is 7. The third-order valence-electron chi connectivity index (χ3n) is 7.71. The van der Waals surface area contributed by atoms with E-state index in [0.29, 0.717) is 11.8 Å². The Kier molecular flexibility index (Phi) is 6.09. The van der Waals surface area contributed by atoms with Crippen molar-refractivity contribution in [2.75, 3.05) is 25.5 Å². The van der Waals surface area contributed by atoms with Gasteiger partial charge in [0.05, 0.1) is 22.9 Å². The van der Waals surface area contributed by atoms with Crippen LogP contribution in [0.5, 0.6) is 0 Å². The third-order valence-corrected chi connectivity index (χ3v) is 7.71. The topological polar surface area (TPSA) is 66.4 Å².